The van der Waals surface area contributed by atoms with Crippen LogP contribution < -0.4 is 0 Å². The number of halogens is 2. The SMILES string of the molecule is CCC(C)C1=Cc2c(-c3ccc(C(C)C)cc3)cccc2[CH]1[Zr]([CH3])([CH3])(=[SiH2])[CH]1C(C)=Cc2c(-c3ccc(C45CC6CC(CC(C6)C4)C5)cc3)cccc21.Cl.Cl. The number of hydrogen-bond donors (Lipinski definition) is 0. The molecule has 0 aromatic heterocycles. The molecule has 0 amide bonds. The van der Waals surface area contributed by atoms with E-state index >= 15 is 0 Å². The molecule has 4 aromatic carbocycles. The molecule has 3 unspecified atom stereocenters. The fourth-order valence-electron chi connectivity index (χ4n) is 13.1. The van der Waals surface area contributed by atoms with Crippen LogP contribution in [0.3, 0.4) is 0 Å². The molecule has 4 saturated carbocycles. The zero-order valence-corrected chi connectivity index (χ0v) is 39.3. The first-order chi connectivity index (χ1) is 24.8. The summed E-state index contributed by atoms with van der Waals surface area (Å²) in [6.45, 7) is 14.4. The molecule has 6 aliphatic carbocycles. The van der Waals surface area contributed by atoms with Gasteiger partial charge in [0, 0.05) is 0 Å². The van der Waals surface area contributed by atoms with Gasteiger partial charge in [-0.1, -0.05) is 0 Å². The maximum Gasteiger partial charge on any atom is -0.147 e. The van der Waals surface area contributed by atoms with E-state index in [-0.39, 0.29) is 24.8 Å². The second-order valence-corrected chi connectivity index (χ2v) is 50.3. The van der Waals surface area contributed by atoms with Crippen molar-refractivity contribution in [3.8, 4) is 22.3 Å². The number of hydrogen-bond acceptors (Lipinski definition) is 0. The molecular formula is C50H62Cl2SiZr. The van der Waals surface area contributed by atoms with Gasteiger partial charge in [0.05, 0.1) is 0 Å². The van der Waals surface area contributed by atoms with E-state index in [0.717, 1.165) is 17.8 Å². The van der Waals surface area contributed by atoms with Gasteiger partial charge in [-0.3, -0.25) is 0 Å². The topological polar surface area (TPSA) is 0 Å². The molecule has 0 heterocycles. The first-order valence-electron chi connectivity index (χ1n) is 20.8. The van der Waals surface area contributed by atoms with E-state index < -0.39 is 17.4 Å². The first kappa shape index (κ1) is 40.2. The molecule has 0 aliphatic heterocycles. The summed E-state index contributed by atoms with van der Waals surface area (Å²) in [4.78, 5) is 0. The average Bonchev–Trinajstić information content (AvgIpc) is 3.70. The predicted molar refractivity (Wildman–Crippen MR) is 239 cm³/mol. The van der Waals surface area contributed by atoms with Gasteiger partial charge in [-0.05, 0) is 0 Å². The van der Waals surface area contributed by atoms with Crippen molar-refractivity contribution in [3.05, 3.63) is 129 Å². The van der Waals surface area contributed by atoms with Crippen LogP contribution in [0.5, 0.6) is 0 Å². The molecule has 0 nitrogen and oxygen atoms in total. The standard InChI is InChI=1S/C26H27.C22H25.2CH3.2ClH.H2Si.Zr/c1-17-9-22-3-2-4-24(25(22)10-17)21-5-7-23(8-6-21)26-14-18-11-19(15-26)13-20(12-18)16-26;1-5-16(4)20-13-19-7-6-8-21(22(19)14-20)18-11-9-17(10-12-18)15(2)3;;;;;;/h2-10,18-20H,11-16H2,1H3;6-16H,5H2,1-4H3;2*1H3;2*1H;1H2;. The van der Waals surface area contributed by atoms with Crippen molar-refractivity contribution >= 4 is 43.8 Å². The molecule has 284 valence electrons. The van der Waals surface area contributed by atoms with Gasteiger partial charge in [-0.15, -0.1) is 24.8 Å². The van der Waals surface area contributed by atoms with Crippen LogP contribution in [0.1, 0.15) is 126 Å². The third kappa shape index (κ3) is 6.41. The Morgan fingerprint density at radius 3 is 1.65 bits per heavy atom. The summed E-state index contributed by atoms with van der Waals surface area (Å²) < 4.78 is 6.67. The molecule has 4 aromatic rings. The van der Waals surface area contributed by atoms with Gasteiger partial charge in [0.25, 0.3) is 0 Å². The fourth-order valence-corrected chi connectivity index (χ4v) is 33.6. The van der Waals surface area contributed by atoms with Gasteiger partial charge in [-0.25, -0.2) is 0 Å². The maximum atomic E-state index is 2.81. The molecule has 10 rings (SSSR count). The summed E-state index contributed by atoms with van der Waals surface area (Å²) in [6, 6.07) is 34.0. The molecule has 0 spiro atoms. The molecule has 4 fully saturated rings. The second-order valence-electron chi connectivity index (χ2n) is 19.8. The zero-order chi connectivity index (χ0) is 36.2. The summed E-state index contributed by atoms with van der Waals surface area (Å²) in [6.07, 6.45) is 15.3. The van der Waals surface area contributed by atoms with E-state index in [4.69, 9.17) is 0 Å². The van der Waals surface area contributed by atoms with E-state index in [0.29, 0.717) is 24.5 Å². The number of allylic oxidation sites excluding steroid dienone is 2. The molecule has 0 N–H and O–H groups in total. The molecule has 6 aliphatic rings. The minimum atomic E-state index is -3.71. The van der Waals surface area contributed by atoms with Crippen LogP contribution in [0.2, 0.25) is 9.26 Å². The number of fused-ring (bicyclic) bond motifs is 2. The molecule has 0 radical (unpaired) electrons. The minimum Gasteiger partial charge on any atom is -0.147 e. The van der Waals surface area contributed by atoms with Crippen LogP contribution in [0.15, 0.2) is 96.1 Å². The Bertz CT molecular complexity index is 2160. The summed E-state index contributed by atoms with van der Waals surface area (Å²) in [7, 11) is 0. The van der Waals surface area contributed by atoms with Crippen LogP contribution in [-0.2, 0) is 22.8 Å². The van der Waals surface area contributed by atoms with Crippen molar-refractivity contribution in [2.45, 2.75) is 107 Å². The molecule has 4 bridgehead atoms. The van der Waals surface area contributed by atoms with Crippen LogP contribution in [0.4, 0.5) is 0 Å². The Kier molecular flexibility index (Phi) is 10.8. The van der Waals surface area contributed by atoms with Gasteiger partial charge >= 0.3 is 319 Å². The Labute approximate surface area is 341 Å². The maximum absolute atomic E-state index is 3.71. The van der Waals surface area contributed by atoms with Crippen molar-refractivity contribution in [3.63, 3.8) is 0 Å². The van der Waals surface area contributed by atoms with Crippen LogP contribution in [0, 0.1) is 23.7 Å². The third-order valence-corrected chi connectivity index (χ3v) is 32.8. The summed E-state index contributed by atoms with van der Waals surface area (Å²) in [5.41, 5.74) is 18.6. The first-order valence-corrected chi connectivity index (χ1v) is 34.5. The van der Waals surface area contributed by atoms with Crippen molar-refractivity contribution < 1.29 is 17.4 Å². The van der Waals surface area contributed by atoms with Gasteiger partial charge in [-0.2, -0.15) is 0 Å². The smallest absolute Gasteiger partial charge is 0.147 e. The van der Waals surface area contributed by atoms with Crippen LogP contribution >= 0.6 is 24.8 Å². The average molecular weight is 853 g/mol. The van der Waals surface area contributed by atoms with Crippen molar-refractivity contribution in [2.75, 3.05) is 0 Å². The number of benzene rings is 4. The van der Waals surface area contributed by atoms with Crippen molar-refractivity contribution in [1.29, 1.82) is 0 Å². The second kappa shape index (κ2) is 14.5. The largest absolute Gasteiger partial charge is 0.147 e. The van der Waals surface area contributed by atoms with Gasteiger partial charge < -0.3 is 0 Å². The van der Waals surface area contributed by atoms with E-state index in [1.165, 1.54) is 83.9 Å². The Morgan fingerprint density at radius 1 is 0.667 bits per heavy atom. The quantitative estimate of drug-likeness (QED) is 0.155. The van der Waals surface area contributed by atoms with Crippen molar-refractivity contribution in [2.24, 2.45) is 23.7 Å². The molecule has 3 atom stereocenters. The molecule has 54 heavy (non-hydrogen) atoms. The van der Waals surface area contributed by atoms with Gasteiger partial charge in [0.1, 0.15) is 0 Å². The molecule has 0 saturated heterocycles. The third-order valence-electron chi connectivity index (χ3n) is 15.2. The predicted octanol–water partition coefficient (Wildman–Crippen LogP) is 14.4. The Balaban J connectivity index is 0.00000225. The summed E-state index contributed by atoms with van der Waals surface area (Å²) in [5.74, 6) is 4.06. The summed E-state index contributed by atoms with van der Waals surface area (Å²) >= 11 is -3.71. The molecule has 4 heteroatoms. The monoisotopic (exact) mass is 850 g/mol. The Hall–Kier alpha value is -1.96. The van der Waals surface area contributed by atoms with E-state index in [9.17, 15) is 0 Å². The minimum absolute atomic E-state index is 0. The van der Waals surface area contributed by atoms with Crippen LogP contribution in [0.25, 0.3) is 34.4 Å². The van der Waals surface area contributed by atoms with E-state index in [1.54, 1.807) is 27.8 Å². The fraction of sp³-hybridized carbons (Fsp3) is 0.440. The van der Waals surface area contributed by atoms with Gasteiger partial charge in [0.15, 0.2) is 0 Å². The van der Waals surface area contributed by atoms with E-state index in [1.807, 2.05) is 0 Å². The normalized spacial score (nSPS) is 27.1. The zero-order valence-electron chi connectivity index (χ0n) is 33.8. The Morgan fingerprint density at radius 2 is 1.15 bits per heavy atom. The number of rotatable bonds is 8. The summed E-state index contributed by atoms with van der Waals surface area (Å²) in [5, 5.41) is 0. The van der Waals surface area contributed by atoms with Gasteiger partial charge in [0.2, 0.25) is 0 Å². The van der Waals surface area contributed by atoms with Crippen LogP contribution in [-0.4, -0.2) is 6.88 Å². The molecular weight excluding hydrogens is 791 g/mol. The van der Waals surface area contributed by atoms with E-state index in [2.05, 4.69) is 148 Å². The van der Waals surface area contributed by atoms with Crippen molar-refractivity contribution in [1.82, 2.24) is 0 Å².